The summed E-state index contributed by atoms with van der Waals surface area (Å²) in [5.41, 5.74) is 0. The number of allylic oxidation sites excluding steroid dienone is 24. The molecule has 5 heteroatoms. The molecule has 0 fully saturated rings. The average molecular weight is 825 g/mol. The van der Waals surface area contributed by atoms with Gasteiger partial charge in [0.05, 0.1) is 6.61 Å². The molecule has 60 heavy (non-hydrogen) atoms. The van der Waals surface area contributed by atoms with E-state index in [1.165, 1.54) is 19.3 Å². The van der Waals surface area contributed by atoms with Gasteiger partial charge < -0.3 is 14.6 Å². The highest BCUT2D eigenvalue weighted by atomic mass is 16.6. The lowest BCUT2D eigenvalue weighted by Crippen LogP contribution is -2.28. The third-order valence-electron chi connectivity index (χ3n) is 9.13. The second kappa shape index (κ2) is 49.1. The van der Waals surface area contributed by atoms with Crippen LogP contribution in [0.4, 0.5) is 0 Å². The van der Waals surface area contributed by atoms with Gasteiger partial charge in [-0.2, -0.15) is 0 Å². The van der Waals surface area contributed by atoms with Crippen molar-refractivity contribution in [2.24, 2.45) is 0 Å². The van der Waals surface area contributed by atoms with E-state index in [2.05, 4.69) is 160 Å². The highest BCUT2D eigenvalue weighted by Crippen LogP contribution is 2.11. The standard InChI is InChI=1S/C55H84O5/c1-3-5-7-9-11-13-15-17-19-21-23-24-25-26-27-28-29-30-32-34-36-38-40-42-44-46-48-50-55(58)60-53(51-56)52-59-54(57)49-47-45-43-41-39-37-35-33-31-22-20-18-16-14-12-10-8-6-4-2/h5-8,11-14,17-20,23-24,26-27,29-31,33-34,36,40,42,53,56H,3-4,9-10,15-16,21-22,25,28,32,35,37-39,41,43-52H2,1-2H3/b7-5-,8-6-,13-11-,14-12-,19-17-,20-18-,24-23-,27-26-,30-29-,33-31-,36-34-,42-40-. The molecule has 0 aromatic heterocycles. The molecule has 0 aromatic carbocycles. The van der Waals surface area contributed by atoms with Crippen LogP contribution in [0.25, 0.3) is 0 Å². The van der Waals surface area contributed by atoms with Gasteiger partial charge in [0.25, 0.3) is 0 Å². The van der Waals surface area contributed by atoms with E-state index in [0.717, 1.165) is 116 Å². The Kier molecular flexibility index (Phi) is 45.7. The van der Waals surface area contributed by atoms with Crippen molar-refractivity contribution in [3.8, 4) is 0 Å². The number of hydrogen-bond acceptors (Lipinski definition) is 5. The summed E-state index contributed by atoms with van der Waals surface area (Å²) in [4.78, 5) is 24.4. The van der Waals surface area contributed by atoms with Crippen LogP contribution in [0.5, 0.6) is 0 Å². The van der Waals surface area contributed by atoms with E-state index in [1.54, 1.807) is 0 Å². The Morgan fingerprint density at radius 1 is 0.383 bits per heavy atom. The lowest BCUT2D eigenvalue weighted by Gasteiger charge is -2.15. The summed E-state index contributed by atoms with van der Waals surface area (Å²) in [5, 5.41) is 9.60. The zero-order valence-corrected chi connectivity index (χ0v) is 37.9. The van der Waals surface area contributed by atoms with Crippen LogP contribution in [0.1, 0.15) is 168 Å². The number of rotatable bonds is 40. The Bertz CT molecular complexity index is 1350. The molecule has 0 aliphatic rings. The minimum Gasteiger partial charge on any atom is -0.462 e. The fraction of sp³-hybridized carbons (Fsp3) is 0.527. The first-order valence-corrected chi connectivity index (χ1v) is 23.4. The first kappa shape index (κ1) is 55.8. The number of carbonyl (C=O) groups is 2. The normalized spacial score (nSPS) is 13.6. The van der Waals surface area contributed by atoms with Gasteiger partial charge in [-0.25, -0.2) is 0 Å². The number of hydrogen-bond donors (Lipinski definition) is 1. The van der Waals surface area contributed by atoms with Crippen molar-refractivity contribution >= 4 is 11.9 Å². The first-order valence-electron chi connectivity index (χ1n) is 23.4. The Balaban J connectivity index is 3.73. The molecule has 0 heterocycles. The van der Waals surface area contributed by atoms with Crippen LogP contribution in [0.15, 0.2) is 146 Å². The van der Waals surface area contributed by atoms with Crippen molar-refractivity contribution in [3.63, 3.8) is 0 Å². The molecule has 334 valence electrons. The van der Waals surface area contributed by atoms with Crippen LogP contribution in [0, 0.1) is 0 Å². The summed E-state index contributed by atoms with van der Waals surface area (Å²) in [6.07, 6.45) is 74.9. The van der Waals surface area contributed by atoms with Gasteiger partial charge in [-0.05, 0) is 116 Å². The monoisotopic (exact) mass is 825 g/mol. The summed E-state index contributed by atoms with van der Waals surface area (Å²) in [7, 11) is 0. The van der Waals surface area contributed by atoms with Gasteiger partial charge in [0, 0.05) is 12.8 Å². The molecule has 0 aliphatic carbocycles. The number of unbranched alkanes of at least 4 members (excludes halogenated alkanes) is 8. The summed E-state index contributed by atoms with van der Waals surface area (Å²) >= 11 is 0. The topological polar surface area (TPSA) is 72.8 Å². The number of ether oxygens (including phenoxy) is 2. The number of aliphatic hydroxyl groups is 1. The van der Waals surface area contributed by atoms with Crippen LogP contribution in [0.2, 0.25) is 0 Å². The zero-order chi connectivity index (χ0) is 43.5. The molecule has 0 saturated carbocycles. The van der Waals surface area contributed by atoms with E-state index in [0.29, 0.717) is 12.8 Å². The van der Waals surface area contributed by atoms with Crippen molar-refractivity contribution in [2.75, 3.05) is 13.2 Å². The maximum absolute atomic E-state index is 12.2. The number of aliphatic hydroxyl groups excluding tert-OH is 1. The van der Waals surface area contributed by atoms with E-state index in [-0.39, 0.29) is 31.6 Å². The van der Waals surface area contributed by atoms with Crippen LogP contribution in [0.3, 0.4) is 0 Å². The fourth-order valence-corrected chi connectivity index (χ4v) is 5.68. The smallest absolute Gasteiger partial charge is 0.306 e. The molecule has 0 spiro atoms. The van der Waals surface area contributed by atoms with Crippen LogP contribution in [-0.4, -0.2) is 36.4 Å². The molecular formula is C55H84O5. The third-order valence-corrected chi connectivity index (χ3v) is 9.13. The van der Waals surface area contributed by atoms with E-state index in [1.807, 2.05) is 0 Å². The quantitative estimate of drug-likeness (QED) is 0.0378. The van der Waals surface area contributed by atoms with E-state index >= 15 is 0 Å². The van der Waals surface area contributed by atoms with Crippen molar-refractivity contribution in [3.05, 3.63) is 146 Å². The summed E-state index contributed by atoms with van der Waals surface area (Å²) < 4.78 is 10.6. The van der Waals surface area contributed by atoms with Gasteiger partial charge in [0.15, 0.2) is 6.10 Å². The summed E-state index contributed by atoms with van der Waals surface area (Å²) in [6.45, 7) is 3.84. The molecule has 0 amide bonds. The molecule has 1 N–H and O–H groups in total. The molecule has 5 nitrogen and oxygen atoms in total. The zero-order valence-electron chi connectivity index (χ0n) is 37.9. The minimum atomic E-state index is -0.814. The Morgan fingerprint density at radius 2 is 0.667 bits per heavy atom. The molecule has 0 radical (unpaired) electrons. The van der Waals surface area contributed by atoms with Crippen molar-refractivity contribution < 1.29 is 24.2 Å². The third kappa shape index (κ3) is 46.5. The second-order valence-electron chi connectivity index (χ2n) is 14.7. The number of esters is 2. The highest BCUT2D eigenvalue weighted by molar-refractivity contribution is 5.70. The largest absolute Gasteiger partial charge is 0.462 e. The minimum absolute atomic E-state index is 0.102. The van der Waals surface area contributed by atoms with Gasteiger partial charge in [0.2, 0.25) is 0 Å². The van der Waals surface area contributed by atoms with Crippen LogP contribution >= 0.6 is 0 Å². The van der Waals surface area contributed by atoms with Crippen molar-refractivity contribution in [1.29, 1.82) is 0 Å². The molecular weight excluding hydrogens is 741 g/mol. The highest BCUT2D eigenvalue weighted by Gasteiger charge is 2.16. The van der Waals surface area contributed by atoms with E-state index in [4.69, 9.17) is 9.47 Å². The first-order chi connectivity index (χ1) is 29.6. The predicted octanol–water partition coefficient (Wildman–Crippen LogP) is 15.5. The average Bonchev–Trinajstić information content (AvgIpc) is 3.25. The van der Waals surface area contributed by atoms with Gasteiger partial charge in [-0.1, -0.05) is 185 Å². The molecule has 0 aromatic rings. The molecule has 0 aliphatic heterocycles. The SMILES string of the molecule is CC/C=C\C/C=C\C/C=C\C/C=C\C/C=C\C/C=C\C/C=C\C/C=C\CCCCC(=O)OC(CO)COC(=O)CCCCCCCC/C=C\C/C=C\C/C=C\C/C=C\CC. The molecule has 1 unspecified atom stereocenters. The maximum Gasteiger partial charge on any atom is 0.306 e. The fourth-order valence-electron chi connectivity index (χ4n) is 5.68. The van der Waals surface area contributed by atoms with Crippen molar-refractivity contribution in [1.82, 2.24) is 0 Å². The summed E-state index contributed by atoms with van der Waals surface area (Å²) in [5.74, 6) is -0.674. The van der Waals surface area contributed by atoms with Gasteiger partial charge in [-0.3, -0.25) is 9.59 Å². The predicted molar refractivity (Wildman–Crippen MR) is 260 cm³/mol. The van der Waals surface area contributed by atoms with Crippen LogP contribution < -0.4 is 0 Å². The molecule has 0 saturated heterocycles. The van der Waals surface area contributed by atoms with Gasteiger partial charge in [-0.15, -0.1) is 0 Å². The number of carbonyl (C=O) groups excluding carboxylic acids is 2. The van der Waals surface area contributed by atoms with Crippen LogP contribution in [-0.2, 0) is 19.1 Å². The Hall–Kier alpha value is -4.22. The van der Waals surface area contributed by atoms with Crippen molar-refractivity contribution in [2.45, 2.75) is 174 Å². The summed E-state index contributed by atoms with van der Waals surface area (Å²) in [6, 6.07) is 0. The second-order valence-corrected chi connectivity index (χ2v) is 14.7. The molecule has 0 rings (SSSR count). The maximum atomic E-state index is 12.2. The Morgan fingerprint density at radius 3 is 1.03 bits per heavy atom. The van der Waals surface area contributed by atoms with E-state index in [9.17, 15) is 14.7 Å². The van der Waals surface area contributed by atoms with E-state index < -0.39 is 6.10 Å². The molecule has 1 atom stereocenters. The lowest BCUT2D eigenvalue weighted by atomic mass is 10.1. The molecule has 0 bridgehead atoms. The lowest BCUT2D eigenvalue weighted by molar-refractivity contribution is -0.161. The van der Waals surface area contributed by atoms with Gasteiger partial charge in [0.1, 0.15) is 6.61 Å². The van der Waals surface area contributed by atoms with Gasteiger partial charge >= 0.3 is 11.9 Å². The Labute approximate surface area is 368 Å².